The van der Waals surface area contributed by atoms with Crippen LogP contribution in [0.5, 0.6) is 0 Å². The van der Waals surface area contributed by atoms with Gasteiger partial charge in [0.2, 0.25) is 0 Å². The maximum atomic E-state index is 12.7. The molecule has 0 spiro atoms. The van der Waals surface area contributed by atoms with E-state index in [4.69, 9.17) is 5.73 Å². The van der Waals surface area contributed by atoms with Crippen molar-refractivity contribution in [3.63, 3.8) is 0 Å². The Morgan fingerprint density at radius 3 is 2.53 bits per heavy atom. The number of hydrogen-bond acceptors (Lipinski definition) is 4. The molecule has 3 N–H and O–H groups in total. The molecule has 7 heteroatoms. The number of aliphatic hydroxyl groups is 1. The Bertz CT molecular complexity index is 397. The van der Waals surface area contributed by atoms with Gasteiger partial charge < -0.3 is 10.8 Å². The normalized spacial score (nSPS) is 23.1. The Morgan fingerprint density at radius 2 is 2.12 bits per heavy atom. The average Bonchev–Trinajstić information content (AvgIpc) is 2.70. The van der Waals surface area contributed by atoms with Gasteiger partial charge in [0, 0.05) is 12.5 Å². The second-order valence-corrected chi connectivity index (χ2v) is 4.96. The minimum Gasteiger partial charge on any atom is -0.388 e. The predicted molar refractivity (Wildman–Crippen MR) is 56.5 cm³/mol. The summed E-state index contributed by atoms with van der Waals surface area (Å²) in [5.74, 6) is 0. The van der Waals surface area contributed by atoms with E-state index in [0.29, 0.717) is 5.69 Å². The highest BCUT2D eigenvalue weighted by Crippen LogP contribution is 2.53. The van der Waals surface area contributed by atoms with Crippen LogP contribution in [0.1, 0.15) is 24.6 Å². The number of rotatable bonds is 4. The quantitative estimate of drug-likeness (QED) is 0.799. The minimum absolute atomic E-state index is 0.0186. The molecular formula is C10H16F2N4O. The molecule has 0 aliphatic heterocycles. The molecule has 0 amide bonds. The fourth-order valence-electron chi connectivity index (χ4n) is 2.47. The first-order chi connectivity index (χ1) is 7.95. The fraction of sp³-hybridized carbons (Fsp3) is 0.800. The zero-order valence-electron chi connectivity index (χ0n) is 9.61. The summed E-state index contributed by atoms with van der Waals surface area (Å²) < 4.78 is 25.4. The zero-order valence-corrected chi connectivity index (χ0v) is 9.61. The summed E-state index contributed by atoms with van der Waals surface area (Å²) >= 11 is 0. The molecule has 1 aliphatic carbocycles. The first-order valence-electron chi connectivity index (χ1n) is 5.41. The molecule has 5 nitrogen and oxygen atoms in total. The number of nitrogens with zero attached hydrogens (tertiary/aromatic N) is 3. The lowest BCUT2D eigenvalue weighted by atomic mass is 9.57. The number of halogens is 2. The van der Waals surface area contributed by atoms with E-state index < -0.39 is 30.4 Å². The lowest BCUT2D eigenvalue weighted by Crippen LogP contribution is -2.59. The van der Waals surface area contributed by atoms with E-state index in [0.717, 1.165) is 0 Å². The van der Waals surface area contributed by atoms with Crippen molar-refractivity contribution in [3.8, 4) is 0 Å². The number of aromatic nitrogens is 3. The van der Waals surface area contributed by atoms with Crippen molar-refractivity contribution < 1.29 is 13.9 Å². The van der Waals surface area contributed by atoms with Crippen LogP contribution in [0, 0.1) is 5.41 Å². The third kappa shape index (κ3) is 1.93. The van der Waals surface area contributed by atoms with Crippen LogP contribution < -0.4 is 5.73 Å². The Kier molecular flexibility index (Phi) is 2.90. The lowest BCUT2D eigenvalue weighted by Gasteiger charge is -2.52. The molecule has 17 heavy (non-hydrogen) atoms. The zero-order chi connectivity index (χ0) is 12.7. The fourth-order valence-corrected chi connectivity index (χ4v) is 2.47. The summed E-state index contributed by atoms with van der Waals surface area (Å²) in [5.41, 5.74) is 3.95. The summed E-state index contributed by atoms with van der Waals surface area (Å²) in [5, 5.41) is 18.0. The summed E-state index contributed by atoms with van der Waals surface area (Å²) in [6.07, 6.45) is 1.49. The van der Waals surface area contributed by atoms with Gasteiger partial charge in [0.25, 0.3) is 0 Å². The smallest absolute Gasteiger partial charge is 0.102 e. The first-order valence-corrected chi connectivity index (χ1v) is 5.41. The number of alkyl halides is 2. The molecule has 0 radical (unpaired) electrons. The van der Waals surface area contributed by atoms with Crippen LogP contribution in [0.4, 0.5) is 8.78 Å². The number of aryl methyl sites for hydroxylation is 1. The van der Waals surface area contributed by atoms with Gasteiger partial charge in [-0.2, -0.15) is 15.0 Å². The highest BCUT2D eigenvalue weighted by molar-refractivity contribution is 5.16. The van der Waals surface area contributed by atoms with E-state index in [1.165, 1.54) is 11.0 Å². The Balaban J connectivity index is 2.09. The van der Waals surface area contributed by atoms with Crippen molar-refractivity contribution in [1.82, 2.24) is 15.0 Å². The Labute approximate surface area is 97.6 Å². The molecular weight excluding hydrogens is 230 g/mol. The Morgan fingerprint density at radius 1 is 1.53 bits per heavy atom. The molecule has 1 aliphatic rings. The van der Waals surface area contributed by atoms with E-state index in [9.17, 15) is 13.9 Å². The van der Waals surface area contributed by atoms with Gasteiger partial charge in [-0.1, -0.05) is 0 Å². The molecule has 1 aromatic heterocycles. The molecule has 0 aromatic carbocycles. The van der Waals surface area contributed by atoms with Crippen molar-refractivity contribution in [2.75, 3.05) is 13.3 Å². The van der Waals surface area contributed by atoms with Crippen LogP contribution in [-0.4, -0.2) is 39.1 Å². The second-order valence-electron chi connectivity index (χ2n) is 4.96. The van der Waals surface area contributed by atoms with Crippen LogP contribution >= 0.6 is 0 Å². The SMILES string of the molecule is Cn1ncc(C(N)C2(O)CC(CF)(CF)C2)n1. The van der Waals surface area contributed by atoms with Gasteiger partial charge in [0.05, 0.1) is 31.2 Å². The van der Waals surface area contributed by atoms with E-state index in [1.807, 2.05) is 0 Å². The maximum Gasteiger partial charge on any atom is 0.102 e. The molecule has 1 heterocycles. The standard InChI is InChI=1S/C10H16F2N4O/c1-16-14-2-7(15-16)8(13)10(17)3-9(4-10,5-11)6-12/h2,8,17H,3-6,13H2,1H3. The molecule has 0 bridgehead atoms. The van der Waals surface area contributed by atoms with Crippen molar-refractivity contribution in [3.05, 3.63) is 11.9 Å². The van der Waals surface area contributed by atoms with Gasteiger partial charge in [-0.15, -0.1) is 0 Å². The van der Waals surface area contributed by atoms with Gasteiger partial charge in [-0.25, -0.2) is 0 Å². The topological polar surface area (TPSA) is 77.0 Å². The molecule has 96 valence electrons. The summed E-state index contributed by atoms with van der Waals surface area (Å²) in [4.78, 5) is 1.33. The van der Waals surface area contributed by atoms with Crippen LogP contribution in [0.15, 0.2) is 6.20 Å². The van der Waals surface area contributed by atoms with Crippen LogP contribution in [-0.2, 0) is 7.05 Å². The van der Waals surface area contributed by atoms with Crippen molar-refractivity contribution in [1.29, 1.82) is 0 Å². The van der Waals surface area contributed by atoms with Gasteiger partial charge >= 0.3 is 0 Å². The predicted octanol–water partition coefficient (Wildman–Crippen LogP) is 0.265. The summed E-state index contributed by atoms with van der Waals surface area (Å²) in [6.45, 7) is -1.56. The lowest BCUT2D eigenvalue weighted by molar-refractivity contribution is -0.159. The third-order valence-electron chi connectivity index (χ3n) is 3.44. The van der Waals surface area contributed by atoms with Gasteiger partial charge in [0.1, 0.15) is 5.69 Å². The largest absolute Gasteiger partial charge is 0.388 e. The Hall–Kier alpha value is -1.08. The first kappa shape index (κ1) is 12.4. The van der Waals surface area contributed by atoms with Crippen molar-refractivity contribution in [2.24, 2.45) is 18.2 Å². The van der Waals surface area contributed by atoms with Crippen molar-refractivity contribution in [2.45, 2.75) is 24.5 Å². The molecule has 1 fully saturated rings. The molecule has 1 saturated carbocycles. The van der Waals surface area contributed by atoms with E-state index in [2.05, 4.69) is 10.2 Å². The number of hydrogen-bond donors (Lipinski definition) is 2. The third-order valence-corrected chi connectivity index (χ3v) is 3.44. The molecule has 2 rings (SSSR count). The van der Waals surface area contributed by atoms with Crippen LogP contribution in [0.25, 0.3) is 0 Å². The maximum absolute atomic E-state index is 12.7. The van der Waals surface area contributed by atoms with Crippen LogP contribution in [0.3, 0.4) is 0 Å². The molecule has 0 saturated heterocycles. The highest BCUT2D eigenvalue weighted by atomic mass is 19.1. The van der Waals surface area contributed by atoms with E-state index in [-0.39, 0.29) is 12.8 Å². The van der Waals surface area contributed by atoms with Gasteiger partial charge in [-0.05, 0) is 12.8 Å². The summed E-state index contributed by atoms with van der Waals surface area (Å²) in [6, 6.07) is -0.762. The minimum atomic E-state index is -1.28. The second kappa shape index (κ2) is 3.99. The van der Waals surface area contributed by atoms with Gasteiger partial charge in [0.15, 0.2) is 0 Å². The average molecular weight is 246 g/mol. The molecule has 1 atom stereocenters. The summed E-state index contributed by atoms with van der Waals surface area (Å²) in [7, 11) is 1.63. The highest BCUT2D eigenvalue weighted by Gasteiger charge is 2.57. The monoisotopic (exact) mass is 246 g/mol. The number of nitrogens with two attached hydrogens (primary N) is 1. The van der Waals surface area contributed by atoms with Gasteiger partial charge in [-0.3, -0.25) is 8.78 Å². The van der Waals surface area contributed by atoms with Crippen LogP contribution in [0.2, 0.25) is 0 Å². The van der Waals surface area contributed by atoms with E-state index >= 15 is 0 Å². The molecule has 1 unspecified atom stereocenters. The van der Waals surface area contributed by atoms with Crippen molar-refractivity contribution >= 4 is 0 Å². The molecule has 1 aromatic rings. The van der Waals surface area contributed by atoms with E-state index in [1.54, 1.807) is 7.05 Å².